The number of carbonyl (C=O) groups excluding carboxylic acids is 1. The molecule has 1 aromatic heterocycles. The maximum absolute atomic E-state index is 13.9. The van der Waals surface area contributed by atoms with Crippen molar-refractivity contribution in [3.05, 3.63) is 71.4 Å². The molecule has 0 radical (unpaired) electrons. The van der Waals surface area contributed by atoms with Crippen molar-refractivity contribution in [3.63, 3.8) is 0 Å². The van der Waals surface area contributed by atoms with Gasteiger partial charge in [0.05, 0.1) is 13.7 Å². The number of hydrogen-bond acceptors (Lipinski definition) is 6. The van der Waals surface area contributed by atoms with Crippen LogP contribution in [0, 0.1) is 0 Å². The van der Waals surface area contributed by atoms with Crippen LogP contribution in [-0.2, 0) is 16.8 Å². The Labute approximate surface area is 172 Å². The molecule has 1 atom stereocenters. The van der Waals surface area contributed by atoms with E-state index < -0.39 is 5.41 Å². The van der Waals surface area contributed by atoms with Gasteiger partial charge in [0.25, 0.3) is 0 Å². The summed E-state index contributed by atoms with van der Waals surface area (Å²) < 4.78 is 22.2. The number of pyridine rings is 1. The molecule has 1 amide bonds. The Bertz CT molecular complexity index is 1180. The number of benzene rings is 2. The van der Waals surface area contributed by atoms with Crippen molar-refractivity contribution in [2.45, 2.75) is 12.0 Å². The zero-order valence-corrected chi connectivity index (χ0v) is 16.3. The van der Waals surface area contributed by atoms with Crippen LogP contribution in [0.15, 0.2) is 54.7 Å². The number of nitrogens with zero attached hydrogens (tertiary/aromatic N) is 2. The number of anilines is 1. The molecule has 6 rings (SSSR count). The first-order chi connectivity index (χ1) is 14.7. The Hall–Kier alpha value is -3.74. The first-order valence-electron chi connectivity index (χ1n) is 9.68. The highest BCUT2D eigenvalue weighted by Crippen LogP contribution is 2.55. The van der Waals surface area contributed by atoms with Crippen molar-refractivity contribution < 1.29 is 23.7 Å². The lowest BCUT2D eigenvalue weighted by Crippen LogP contribution is -2.42. The predicted octanol–water partition coefficient (Wildman–Crippen LogP) is 3.04. The second-order valence-corrected chi connectivity index (χ2v) is 7.51. The van der Waals surface area contributed by atoms with Gasteiger partial charge in [0.15, 0.2) is 11.5 Å². The number of para-hydroxylation sites is 1. The minimum Gasteiger partial charge on any atom is -0.491 e. The van der Waals surface area contributed by atoms with Crippen molar-refractivity contribution in [1.29, 1.82) is 0 Å². The SMILES string of the molecule is COc1ccc(CN2C(=O)C3(COc4cc5c(cc43)OCO5)c3ccccc32)cn1. The smallest absolute Gasteiger partial charge is 0.246 e. The third-order valence-corrected chi connectivity index (χ3v) is 5.99. The first-order valence-corrected chi connectivity index (χ1v) is 9.68. The highest BCUT2D eigenvalue weighted by molar-refractivity contribution is 6.11. The summed E-state index contributed by atoms with van der Waals surface area (Å²) in [6.45, 7) is 0.833. The fourth-order valence-electron chi connectivity index (χ4n) is 4.53. The summed E-state index contributed by atoms with van der Waals surface area (Å²) in [6.07, 6.45) is 1.73. The van der Waals surface area contributed by atoms with Crippen LogP contribution in [0.25, 0.3) is 0 Å². The van der Waals surface area contributed by atoms with Crippen LogP contribution in [0.4, 0.5) is 5.69 Å². The summed E-state index contributed by atoms with van der Waals surface area (Å²) in [5.41, 5.74) is 2.66. The molecule has 1 spiro atoms. The van der Waals surface area contributed by atoms with E-state index in [1.165, 1.54) is 0 Å². The zero-order chi connectivity index (χ0) is 20.3. The van der Waals surface area contributed by atoms with Gasteiger partial charge in [-0.05, 0) is 23.3 Å². The topological polar surface area (TPSA) is 70.1 Å². The van der Waals surface area contributed by atoms with E-state index in [2.05, 4.69) is 4.98 Å². The molecule has 4 heterocycles. The molecule has 0 aliphatic carbocycles. The normalized spacial score (nSPS) is 20.3. The minimum atomic E-state index is -0.896. The lowest BCUT2D eigenvalue weighted by molar-refractivity contribution is -0.122. The maximum atomic E-state index is 13.9. The summed E-state index contributed by atoms with van der Waals surface area (Å²) in [7, 11) is 1.58. The zero-order valence-electron chi connectivity index (χ0n) is 16.3. The van der Waals surface area contributed by atoms with Crippen LogP contribution in [0.2, 0.25) is 0 Å². The van der Waals surface area contributed by atoms with E-state index in [1.54, 1.807) is 19.4 Å². The highest BCUT2D eigenvalue weighted by atomic mass is 16.7. The standard InChI is InChI=1S/C23H18N2O5/c1-27-21-7-6-14(10-24-21)11-25-17-5-3-2-4-15(17)23(22(25)26)12-28-18-9-20-19(8-16(18)23)29-13-30-20/h2-10H,11-13H2,1H3. The van der Waals surface area contributed by atoms with Gasteiger partial charge in [0.1, 0.15) is 17.8 Å². The van der Waals surface area contributed by atoms with E-state index in [1.807, 2.05) is 47.4 Å². The molecule has 2 aromatic carbocycles. The van der Waals surface area contributed by atoms with Crippen molar-refractivity contribution in [2.75, 3.05) is 25.4 Å². The molecular formula is C23H18N2O5. The van der Waals surface area contributed by atoms with Crippen LogP contribution in [0.3, 0.4) is 0 Å². The van der Waals surface area contributed by atoms with E-state index in [0.29, 0.717) is 29.7 Å². The van der Waals surface area contributed by atoms with Crippen LogP contribution >= 0.6 is 0 Å². The molecule has 0 saturated heterocycles. The number of amides is 1. The number of hydrogen-bond donors (Lipinski definition) is 0. The number of rotatable bonds is 3. The number of methoxy groups -OCH3 is 1. The molecule has 0 saturated carbocycles. The van der Waals surface area contributed by atoms with Gasteiger partial charge in [-0.25, -0.2) is 4.98 Å². The fraction of sp³-hybridized carbons (Fsp3) is 0.217. The molecular weight excluding hydrogens is 384 g/mol. The van der Waals surface area contributed by atoms with Crippen LogP contribution in [0.1, 0.15) is 16.7 Å². The highest BCUT2D eigenvalue weighted by Gasteiger charge is 2.57. The summed E-state index contributed by atoms with van der Waals surface area (Å²) in [6, 6.07) is 15.3. The molecule has 3 aliphatic heterocycles. The van der Waals surface area contributed by atoms with Crippen molar-refractivity contribution >= 4 is 11.6 Å². The van der Waals surface area contributed by atoms with Gasteiger partial charge in [-0.1, -0.05) is 24.3 Å². The molecule has 7 heteroatoms. The minimum absolute atomic E-state index is 0.0165. The summed E-state index contributed by atoms with van der Waals surface area (Å²) >= 11 is 0. The predicted molar refractivity (Wildman–Crippen MR) is 107 cm³/mol. The van der Waals surface area contributed by atoms with Gasteiger partial charge in [0.2, 0.25) is 18.6 Å². The van der Waals surface area contributed by atoms with Gasteiger partial charge in [-0.15, -0.1) is 0 Å². The van der Waals surface area contributed by atoms with Crippen molar-refractivity contribution in [1.82, 2.24) is 4.98 Å². The second kappa shape index (κ2) is 6.13. The van der Waals surface area contributed by atoms with E-state index in [-0.39, 0.29) is 19.3 Å². The van der Waals surface area contributed by atoms with E-state index in [0.717, 1.165) is 22.4 Å². The van der Waals surface area contributed by atoms with Gasteiger partial charge < -0.3 is 23.8 Å². The van der Waals surface area contributed by atoms with E-state index >= 15 is 0 Å². The molecule has 3 aliphatic rings. The Morgan fingerprint density at radius 3 is 2.67 bits per heavy atom. The van der Waals surface area contributed by atoms with E-state index in [4.69, 9.17) is 18.9 Å². The third-order valence-electron chi connectivity index (χ3n) is 5.99. The number of carbonyl (C=O) groups is 1. The van der Waals surface area contributed by atoms with Gasteiger partial charge in [-0.2, -0.15) is 0 Å². The first kappa shape index (κ1) is 17.1. The van der Waals surface area contributed by atoms with Gasteiger partial charge in [-0.3, -0.25) is 4.79 Å². The fourth-order valence-corrected chi connectivity index (χ4v) is 4.53. The van der Waals surface area contributed by atoms with Gasteiger partial charge >= 0.3 is 0 Å². The van der Waals surface area contributed by atoms with Crippen molar-refractivity contribution in [2.24, 2.45) is 0 Å². The van der Waals surface area contributed by atoms with Crippen molar-refractivity contribution in [3.8, 4) is 23.1 Å². The molecule has 150 valence electrons. The summed E-state index contributed by atoms with van der Waals surface area (Å²) in [5.74, 6) is 2.47. The average molecular weight is 402 g/mol. The Morgan fingerprint density at radius 1 is 1.03 bits per heavy atom. The maximum Gasteiger partial charge on any atom is 0.246 e. The Morgan fingerprint density at radius 2 is 1.87 bits per heavy atom. The molecule has 1 unspecified atom stereocenters. The number of fused-ring (bicyclic) bond motifs is 5. The molecule has 0 fully saturated rings. The van der Waals surface area contributed by atoms with Crippen LogP contribution in [0.5, 0.6) is 23.1 Å². The molecule has 0 bridgehead atoms. The lowest BCUT2D eigenvalue weighted by Gasteiger charge is -2.23. The number of aromatic nitrogens is 1. The summed E-state index contributed by atoms with van der Waals surface area (Å²) in [4.78, 5) is 20.0. The quantitative estimate of drug-likeness (QED) is 0.671. The molecule has 30 heavy (non-hydrogen) atoms. The van der Waals surface area contributed by atoms with Gasteiger partial charge in [0, 0.05) is 29.6 Å². The number of ether oxygens (including phenoxy) is 4. The largest absolute Gasteiger partial charge is 0.491 e. The summed E-state index contributed by atoms with van der Waals surface area (Å²) in [5, 5.41) is 0. The molecule has 3 aromatic rings. The van der Waals surface area contributed by atoms with Crippen LogP contribution < -0.4 is 23.8 Å². The second-order valence-electron chi connectivity index (χ2n) is 7.51. The third kappa shape index (κ3) is 2.20. The molecule has 7 nitrogen and oxygen atoms in total. The Balaban J connectivity index is 1.46. The lowest BCUT2D eigenvalue weighted by atomic mass is 9.77. The molecule has 0 N–H and O–H groups in total. The van der Waals surface area contributed by atoms with E-state index in [9.17, 15) is 4.79 Å². The monoisotopic (exact) mass is 402 g/mol. The van der Waals surface area contributed by atoms with Crippen LogP contribution in [-0.4, -0.2) is 31.4 Å². The average Bonchev–Trinajstić information content (AvgIpc) is 3.46. The Kier molecular flexibility index (Phi) is 3.50.